The van der Waals surface area contributed by atoms with Gasteiger partial charge in [-0.1, -0.05) is 6.07 Å². The van der Waals surface area contributed by atoms with E-state index in [0.717, 1.165) is 38.2 Å². The van der Waals surface area contributed by atoms with Crippen LogP contribution in [-0.4, -0.2) is 51.3 Å². The van der Waals surface area contributed by atoms with Crippen LogP contribution in [-0.2, 0) is 0 Å². The molecule has 0 bridgehead atoms. The summed E-state index contributed by atoms with van der Waals surface area (Å²) in [5.74, 6) is 0.978. The Morgan fingerprint density at radius 2 is 2.20 bits per heavy atom. The van der Waals surface area contributed by atoms with E-state index in [9.17, 15) is 0 Å². The number of benzene rings is 1. The maximum absolute atomic E-state index is 6.10. The molecule has 4 heteroatoms. The number of aryl methyl sites for hydroxylation is 1. The van der Waals surface area contributed by atoms with Crippen molar-refractivity contribution in [2.24, 2.45) is 5.73 Å². The molecule has 1 fully saturated rings. The van der Waals surface area contributed by atoms with Gasteiger partial charge in [0, 0.05) is 25.7 Å². The van der Waals surface area contributed by atoms with Crippen LogP contribution in [0.3, 0.4) is 0 Å². The molecule has 0 aromatic heterocycles. The first-order chi connectivity index (χ1) is 9.56. The minimum absolute atomic E-state index is 0.277. The maximum Gasteiger partial charge on any atom is 0.142 e. The number of nitrogens with two attached hydrogens (primary N) is 1. The molecule has 1 atom stereocenters. The fourth-order valence-corrected chi connectivity index (χ4v) is 2.56. The molecule has 0 aliphatic carbocycles. The van der Waals surface area contributed by atoms with Crippen molar-refractivity contribution in [3.8, 4) is 5.75 Å². The van der Waals surface area contributed by atoms with Gasteiger partial charge < -0.3 is 20.3 Å². The quantitative estimate of drug-likeness (QED) is 0.892. The summed E-state index contributed by atoms with van der Waals surface area (Å²) in [6.07, 6.45) is 2.28. The van der Waals surface area contributed by atoms with E-state index in [1.54, 1.807) is 0 Å². The molecule has 0 amide bonds. The average Bonchev–Trinajstić information content (AvgIpc) is 2.40. The van der Waals surface area contributed by atoms with Gasteiger partial charge in [-0.05, 0) is 51.6 Å². The van der Waals surface area contributed by atoms with E-state index in [0.29, 0.717) is 6.61 Å². The van der Waals surface area contributed by atoms with E-state index in [4.69, 9.17) is 10.5 Å². The summed E-state index contributed by atoms with van der Waals surface area (Å²) in [5.41, 5.74) is 8.56. The van der Waals surface area contributed by atoms with E-state index in [1.807, 2.05) is 0 Å². The minimum Gasteiger partial charge on any atom is -0.490 e. The second-order valence-electron chi connectivity index (χ2n) is 5.97. The van der Waals surface area contributed by atoms with E-state index in [1.165, 1.54) is 11.3 Å². The number of hydrogen-bond donors (Lipinski definition) is 1. The topological polar surface area (TPSA) is 41.7 Å². The van der Waals surface area contributed by atoms with Gasteiger partial charge in [-0.15, -0.1) is 0 Å². The van der Waals surface area contributed by atoms with Gasteiger partial charge in [0.1, 0.15) is 12.4 Å². The lowest BCUT2D eigenvalue weighted by molar-refractivity contribution is 0.261. The maximum atomic E-state index is 6.10. The van der Waals surface area contributed by atoms with Crippen molar-refractivity contribution < 1.29 is 4.74 Å². The highest BCUT2D eigenvalue weighted by Gasteiger charge is 2.20. The van der Waals surface area contributed by atoms with Crippen molar-refractivity contribution in [1.29, 1.82) is 0 Å². The SMILES string of the molecule is Cc1ccc(OCCN(C)C)c(N2CCCC(N)C2)c1. The summed E-state index contributed by atoms with van der Waals surface area (Å²) in [6.45, 7) is 5.75. The van der Waals surface area contributed by atoms with Gasteiger partial charge in [-0.2, -0.15) is 0 Å². The Balaban J connectivity index is 2.10. The minimum atomic E-state index is 0.277. The molecule has 1 aliphatic rings. The Hall–Kier alpha value is -1.26. The summed E-state index contributed by atoms with van der Waals surface area (Å²) >= 11 is 0. The number of likely N-dealkylation sites (N-methyl/N-ethyl adjacent to an activating group) is 1. The Morgan fingerprint density at radius 1 is 1.40 bits per heavy atom. The lowest BCUT2D eigenvalue weighted by Crippen LogP contribution is -2.43. The molecule has 0 radical (unpaired) electrons. The van der Waals surface area contributed by atoms with Crippen LogP contribution in [0.2, 0.25) is 0 Å². The van der Waals surface area contributed by atoms with Gasteiger partial charge in [0.25, 0.3) is 0 Å². The van der Waals surface area contributed by atoms with Crippen molar-refractivity contribution in [2.45, 2.75) is 25.8 Å². The first-order valence-electron chi connectivity index (χ1n) is 7.45. The fraction of sp³-hybridized carbons (Fsp3) is 0.625. The molecular weight excluding hydrogens is 250 g/mol. The van der Waals surface area contributed by atoms with Crippen molar-refractivity contribution in [1.82, 2.24) is 4.90 Å². The van der Waals surface area contributed by atoms with Crippen LogP contribution in [0.1, 0.15) is 18.4 Å². The van der Waals surface area contributed by atoms with Gasteiger partial charge in [0.15, 0.2) is 0 Å². The van der Waals surface area contributed by atoms with Crippen LogP contribution in [0.15, 0.2) is 18.2 Å². The zero-order valence-electron chi connectivity index (χ0n) is 12.9. The third kappa shape index (κ3) is 4.12. The largest absolute Gasteiger partial charge is 0.490 e. The Labute approximate surface area is 122 Å². The number of ether oxygens (including phenoxy) is 1. The van der Waals surface area contributed by atoms with Crippen molar-refractivity contribution >= 4 is 5.69 Å². The summed E-state index contributed by atoms with van der Waals surface area (Å²) < 4.78 is 5.97. The molecule has 1 unspecified atom stereocenters. The molecule has 1 aromatic carbocycles. The van der Waals surface area contributed by atoms with Crippen LogP contribution in [0.4, 0.5) is 5.69 Å². The highest BCUT2D eigenvalue weighted by molar-refractivity contribution is 5.60. The number of piperidine rings is 1. The van der Waals surface area contributed by atoms with Crippen molar-refractivity contribution in [3.05, 3.63) is 23.8 Å². The molecule has 1 heterocycles. The van der Waals surface area contributed by atoms with Gasteiger partial charge >= 0.3 is 0 Å². The third-order valence-corrected chi connectivity index (χ3v) is 3.71. The summed E-state index contributed by atoms with van der Waals surface area (Å²) in [6, 6.07) is 6.68. The molecule has 4 nitrogen and oxygen atoms in total. The third-order valence-electron chi connectivity index (χ3n) is 3.71. The van der Waals surface area contributed by atoms with E-state index in [-0.39, 0.29) is 6.04 Å². The monoisotopic (exact) mass is 277 g/mol. The van der Waals surface area contributed by atoms with E-state index < -0.39 is 0 Å². The molecular formula is C16H27N3O. The number of anilines is 1. The molecule has 112 valence electrons. The average molecular weight is 277 g/mol. The molecule has 0 saturated carbocycles. The molecule has 20 heavy (non-hydrogen) atoms. The summed E-state index contributed by atoms with van der Waals surface area (Å²) in [7, 11) is 4.12. The van der Waals surface area contributed by atoms with Gasteiger partial charge in [-0.25, -0.2) is 0 Å². The Bertz CT molecular complexity index is 434. The van der Waals surface area contributed by atoms with Crippen molar-refractivity contribution in [3.63, 3.8) is 0 Å². The predicted octanol–water partition coefficient (Wildman–Crippen LogP) is 1.86. The van der Waals surface area contributed by atoms with Crippen LogP contribution < -0.4 is 15.4 Å². The predicted molar refractivity (Wildman–Crippen MR) is 84.7 cm³/mol. The number of rotatable bonds is 5. The van der Waals surface area contributed by atoms with Crippen LogP contribution >= 0.6 is 0 Å². The van der Waals surface area contributed by atoms with Crippen LogP contribution in [0.5, 0.6) is 5.75 Å². The molecule has 1 aliphatic heterocycles. The standard InChI is InChI=1S/C16H27N3O/c1-13-6-7-16(20-10-9-18(2)3)15(11-13)19-8-4-5-14(17)12-19/h6-7,11,14H,4-5,8-10,12,17H2,1-3H3. The first-order valence-corrected chi connectivity index (χ1v) is 7.45. The Kier molecular flexibility index (Phi) is 5.26. The second-order valence-corrected chi connectivity index (χ2v) is 5.97. The van der Waals surface area contributed by atoms with Gasteiger partial charge in [0.05, 0.1) is 5.69 Å². The zero-order valence-corrected chi connectivity index (χ0v) is 12.9. The summed E-state index contributed by atoms with van der Waals surface area (Å²) in [5, 5.41) is 0. The highest BCUT2D eigenvalue weighted by atomic mass is 16.5. The normalized spacial score (nSPS) is 19.4. The van der Waals surface area contributed by atoms with E-state index in [2.05, 4.69) is 49.0 Å². The highest BCUT2D eigenvalue weighted by Crippen LogP contribution is 2.31. The lowest BCUT2D eigenvalue weighted by atomic mass is 10.0. The molecule has 2 N–H and O–H groups in total. The van der Waals surface area contributed by atoms with Crippen molar-refractivity contribution in [2.75, 3.05) is 45.2 Å². The summed E-state index contributed by atoms with van der Waals surface area (Å²) in [4.78, 5) is 4.50. The Morgan fingerprint density at radius 3 is 2.90 bits per heavy atom. The van der Waals surface area contributed by atoms with Gasteiger partial charge in [0.2, 0.25) is 0 Å². The van der Waals surface area contributed by atoms with E-state index >= 15 is 0 Å². The first kappa shape index (κ1) is 15.1. The molecule has 1 aromatic rings. The molecule has 1 saturated heterocycles. The molecule has 2 rings (SSSR count). The second kappa shape index (κ2) is 6.95. The lowest BCUT2D eigenvalue weighted by Gasteiger charge is -2.34. The fourth-order valence-electron chi connectivity index (χ4n) is 2.56. The number of hydrogen-bond acceptors (Lipinski definition) is 4. The smallest absolute Gasteiger partial charge is 0.142 e. The number of nitrogens with zero attached hydrogens (tertiary/aromatic N) is 2. The van der Waals surface area contributed by atoms with Gasteiger partial charge in [-0.3, -0.25) is 0 Å². The molecule has 0 spiro atoms. The van der Waals surface area contributed by atoms with Crippen LogP contribution in [0.25, 0.3) is 0 Å². The zero-order chi connectivity index (χ0) is 14.5. The van der Waals surface area contributed by atoms with Crippen LogP contribution in [0, 0.1) is 6.92 Å².